The van der Waals surface area contributed by atoms with Gasteiger partial charge in [0.25, 0.3) is 0 Å². The van der Waals surface area contributed by atoms with Gasteiger partial charge in [0.05, 0.1) is 0 Å². The molecule has 0 heteroatoms. The molecule has 2 aromatic carbocycles. The van der Waals surface area contributed by atoms with E-state index in [1.165, 1.54) is 54.4 Å². The van der Waals surface area contributed by atoms with Gasteiger partial charge in [0.2, 0.25) is 0 Å². The van der Waals surface area contributed by atoms with E-state index in [9.17, 15) is 0 Å². The third-order valence-electron chi connectivity index (χ3n) is 9.32. The lowest BCUT2D eigenvalue weighted by Crippen LogP contribution is -2.40. The van der Waals surface area contributed by atoms with Crippen LogP contribution in [0.1, 0.15) is 109 Å². The van der Waals surface area contributed by atoms with Crippen LogP contribution in [0.25, 0.3) is 11.1 Å². The monoisotopic (exact) mass is 452 g/mol. The summed E-state index contributed by atoms with van der Waals surface area (Å²) >= 11 is 0. The molecule has 0 heterocycles. The fourth-order valence-electron chi connectivity index (χ4n) is 7.14. The lowest BCUT2D eigenvalue weighted by atomic mass is 9.55. The second-order valence-electron chi connectivity index (χ2n) is 13.5. The molecule has 180 valence electrons. The first kappa shape index (κ1) is 23.7. The first-order chi connectivity index (χ1) is 16.0. The van der Waals surface area contributed by atoms with E-state index in [1.54, 1.807) is 11.1 Å². The van der Waals surface area contributed by atoms with E-state index in [4.69, 9.17) is 0 Å². The molecule has 0 radical (unpaired) electrons. The lowest BCUT2D eigenvalue weighted by molar-refractivity contribution is 0.0882. The van der Waals surface area contributed by atoms with Crippen molar-refractivity contribution in [2.45, 2.75) is 97.3 Å². The summed E-state index contributed by atoms with van der Waals surface area (Å²) < 4.78 is 0. The second kappa shape index (κ2) is 8.25. The Balaban J connectivity index is 1.77. The van der Waals surface area contributed by atoms with Gasteiger partial charge >= 0.3 is 0 Å². The number of hydrogen-bond acceptors (Lipinski definition) is 0. The summed E-state index contributed by atoms with van der Waals surface area (Å²) in [5.74, 6) is 1.68. The fourth-order valence-corrected chi connectivity index (χ4v) is 7.14. The van der Waals surface area contributed by atoms with Gasteiger partial charge in [-0.3, -0.25) is 0 Å². The summed E-state index contributed by atoms with van der Waals surface area (Å²) in [7, 11) is 0. The Morgan fingerprint density at radius 3 is 1.53 bits per heavy atom. The summed E-state index contributed by atoms with van der Waals surface area (Å²) in [6.07, 6.45) is 16.5. The molecule has 1 unspecified atom stereocenters. The summed E-state index contributed by atoms with van der Waals surface area (Å²) in [5.41, 5.74) is 9.51. The van der Waals surface area contributed by atoms with Crippen molar-refractivity contribution in [3.8, 4) is 11.1 Å². The first-order valence-electron chi connectivity index (χ1n) is 13.7. The molecule has 0 saturated heterocycles. The van der Waals surface area contributed by atoms with Gasteiger partial charge in [-0.25, -0.2) is 0 Å². The molecule has 1 atom stereocenters. The number of allylic oxidation sites excluding steroid dienone is 4. The van der Waals surface area contributed by atoms with E-state index in [2.05, 4.69) is 109 Å². The van der Waals surface area contributed by atoms with E-state index in [0.29, 0.717) is 11.8 Å². The Bertz CT molecular complexity index is 1050. The van der Waals surface area contributed by atoms with E-state index >= 15 is 0 Å². The molecular formula is C34H44. The van der Waals surface area contributed by atoms with Gasteiger partial charge in [0, 0.05) is 11.8 Å². The van der Waals surface area contributed by atoms with Crippen LogP contribution in [0.15, 0.2) is 60.7 Å². The summed E-state index contributed by atoms with van der Waals surface area (Å²) in [6.45, 7) is 16.8. The minimum Gasteiger partial charge on any atom is -0.0770 e. The van der Waals surface area contributed by atoms with Crippen molar-refractivity contribution in [2.24, 2.45) is 17.3 Å². The number of hydrogen-bond donors (Lipinski definition) is 0. The van der Waals surface area contributed by atoms with Crippen LogP contribution in [0.3, 0.4) is 0 Å². The molecule has 0 aliphatic heterocycles. The van der Waals surface area contributed by atoms with Crippen LogP contribution < -0.4 is 0 Å². The predicted molar refractivity (Wildman–Crippen MR) is 148 cm³/mol. The van der Waals surface area contributed by atoms with Gasteiger partial charge < -0.3 is 0 Å². The van der Waals surface area contributed by atoms with Crippen LogP contribution in [-0.2, 0) is 10.8 Å². The highest BCUT2D eigenvalue weighted by molar-refractivity contribution is 5.80. The van der Waals surface area contributed by atoms with Crippen molar-refractivity contribution < 1.29 is 0 Å². The zero-order valence-corrected chi connectivity index (χ0v) is 22.5. The lowest BCUT2D eigenvalue weighted by Gasteiger charge is -2.48. The van der Waals surface area contributed by atoms with Crippen molar-refractivity contribution in [1.82, 2.24) is 0 Å². The molecule has 0 aromatic heterocycles. The molecule has 0 nitrogen and oxygen atoms in total. The van der Waals surface area contributed by atoms with Crippen LogP contribution in [0.5, 0.6) is 0 Å². The van der Waals surface area contributed by atoms with Gasteiger partial charge in [-0.15, -0.1) is 0 Å². The maximum atomic E-state index is 2.64. The van der Waals surface area contributed by atoms with Crippen molar-refractivity contribution in [3.05, 3.63) is 83.0 Å². The maximum absolute atomic E-state index is 2.64. The quantitative estimate of drug-likeness (QED) is 0.435. The minimum absolute atomic E-state index is 0.152. The average molecular weight is 453 g/mol. The normalized spacial score (nSPS) is 21.0. The Hall–Kier alpha value is -2.08. The topological polar surface area (TPSA) is 0 Å². The van der Waals surface area contributed by atoms with Crippen LogP contribution in [0.4, 0.5) is 0 Å². The van der Waals surface area contributed by atoms with Crippen LogP contribution in [-0.4, -0.2) is 0 Å². The Kier molecular flexibility index (Phi) is 5.74. The zero-order chi connectivity index (χ0) is 24.3. The third-order valence-corrected chi connectivity index (χ3v) is 9.32. The minimum atomic E-state index is 0.152. The standard InChI is InChI=1S/C34H44/c1-32(2,3)25-17-19-27-28-20-18-26(33(4,5)6)22-30(28)31(29(27)21-25)34(7,24-15-11-12-16-24)23-13-9-8-10-14-23/h11-12,15-24,31H,8-10,13-14H2,1-7H3. The third kappa shape index (κ3) is 3.82. The molecule has 3 aliphatic carbocycles. The van der Waals surface area contributed by atoms with Crippen LogP contribution in [0, 0.1) is 17.3 Å². The van der Waals surface area contributed by atoms with Crippen LogP contribution in [0.2, 0.25) is 0 Å². The molecule has 34 heavy (non-hydrogen) atoms. The molecule has 0 N–H and O–H groups in total. The smallest absolute Gasteiger partial charge is 0.0167 e. The van der Waals surface area contributed by atoms with E-state index in [1.807, 2.05) is 0 Å². The first-order valence-corrected chi connectivity index (χ1v) is 13.7. The number of rotatable bonds is 3. The zero-order valence-electron chi connectivity index (χ0n) is 22.5. The van der Waals surface area contributed by atoms with Crippen LogP contribution >= 0.6 is 0 Å². The molecule has 5 rings (SSSR count). The number of fused-ring (bicyclic) bond motifs is 3. The average Bonchev–Trinajstić information content (AvgIpc) is 3.44. The summed E-state index contributed by atoms with van der Waals surface area (Å²) in [6, 6.07) is 14.8. The highest BCUT2D eigenvalue weighted by Gasteiger charge is 2.50. The molecule has 1 fully saturated rings. The van der Waals surface area contributed by atoms with Gasteiger partial charge in [0.15, 0.2) is 0 Å². The molecular weight excluding hydrogens is 408 g/mol. The van der Waals surface area contributed by atoms with E-state index in [0.717, 1.165) is 5.92 Å². The van der Waals surface area contributed by atoms with Gasteiger partial charge in [-0.05, 0) is 68.4 Å². The van der Waals surface area contributed by atoms with Gasteiger partial charge in [0.1, 0.15) is 0 Å². The van der Waals surface area contributed by atoms with E-state index < -0.39 is 0 Å². The molecule has 3 aliphatic rings. The predicted octanol–water partition coefficient (Wildman–Crippen LogP) is 9.72. The molecule has 0 amide bonds. The van der Waals surface area contributed by atoms with Crippen molar-refractivity contribution in [3.63, 3.8) is 0 Å². The second-order valence-corrected chi connectivity index (χ2v) is 13.5. The molecule has 0 bridgehead atoms. The van der Waals surface area contributed by atoms with Gasteiger partial charge in [-0.1, -0.05) is 128 Å². The number of benzene rings is 2. The van der Waals surface area contributed by atoms with Crippen molar-refractivity contribution in [2.75, 3.05) is 0 Å². The fraction of sp³-hybridized carbons (Fsp3) is 0.529. The molecule has 2 aromatic rings. The Morgan fingerprint density at radius 1 is 0.618 bits per heavy atom. The molecule has 1 saturated carbocycles. The summed E-state index contributed by atoms with van der Waals surface area (Å²) in [4.78, 5) is 0. The highest BCUT2D eigenvalue weighted by Crippen LogP contribution is 2.62. The largest absolute Gasteiger partial charge is 0.0770 e. The molecule has 0 spiro atoms. The van der Waals surface area contributed by atoms with Gasteiger partial charge in [-0.2, -0.15) is 0 Å². The SMILES string of the molecule is CC(C)(C)c1ccc2c(c1)C(C(C)(C1C=CC=C1)C1CCCCC1)c1cc(C(C)(C)C)ccc1-2. The van der Waals surface area contributed by atoms with E-state index in [-0.39, 0.29) is 16.2 Å². The highest BCUT2D eigenvalue weighted by atomic mass is 14.5. The Labute approximate surface area is 208 Å². The summed E-state index contributed by atoms with van der Waals surface area (Å²) in [5, 5.41) is 0. The maximum Gasteiger partial charge on any atom is 0.0167 e. The van der Waals surface area contributed by atoms with Crippen molar-refractivity contribution in [1.29, 1.82) is 0 Å². The van der Waals surface area contributed by atoms with Crippen molar-refractivity contribution >= 4 is 0 Å². The Morgan fingerprint density at radius 2 is 1.09 bits per heavy atom.